The molecule has 1 fully saturated rings. The first-order valence-electron chi connectivity index (χ1n) is 5.98. The quantitative estimate of drug-likeness (QED) is 0.360. The first-order chi connectivity index (χ1) is 8.20. The summed E-state index contributed by atoms with van der Waals surface area (Å²) in [6, 6.07) is 8.56. The van der Waals surface area contributed by atoms with Gasteiger partial charge in [-0.2, -0.15) is 0 Å². The molecule has 4 heteroatoms. The highest BCUT2D eigenvalue weighted by Crippen LogP contribution is 2.24. The molecule has 3 N–H and O–H groups in total. The Labute approximate surface area is 102 Å². The van der Waals surface area contributed by atoms with Crippen molar-refractivity contribution >= 4 is 5.84 Å². The lowest BCUT2D eigenvalue weighted by molar-refractivity contribution is 0.152. The van der Waals surface area contributed by atoms with Crippen LogP contribution in [0, 0.1) is 0 Å². The first-order valence-corrected chi connectivity index (χ1v) is 5.98. The van der Waals surface area contributed by atoms with Crippen LogP contribution in [0.15, 0.2) is 29.4 Å². The molecule has 1 aromatic carbocycles. The van der Waals surface area contributed by atoms with Crippen molar-refractivity contribution in [2.75, 3.05) is 7.05 Å². The molecule has 4 nitrogen and oxygen atoms in total. The third-order valence-electron chi connectivity index (χ3n) is 3.46. The Hall–Kier alpha value is -1.55. The summed E-state index contributed by atoms with van der Waals surface area (Å²) < 4.78 is 0. The van der Waals surface area contributed by atoms with Gasteiger partial charge in [0.05, 0.1) is 0 Å². The minimum atomic E-state index is 0.165. The second-order valence-corrected chi connectivity index (χ2v) is 4.69. The summed E-state index contributed by atoms with van der Waals surface area (Å²) in [4.78, 5) is 2.37. The van der Waals surface area contributed by atoms with Gasteiger partial charge in [-0.25, -0.2) is 0 Å². The molecule has 2 rings (SSSR count). The summed E-state index contributed by atoms with van der Waals surface area (Å²) in [7, 11) is 2.15. The topological polar surface area (TPSA) is 61.8 Å². The molecule has 17 heavy (non-hydrogen) atoms. The molecule has 0 bridgehead atoms. The molecule has 1 aromatic rings. The Bertz CT molecular complexity index is 413. The van der Waals surface area contributed by atoms with E-state index in [1.165, 1.54) is 24.8 Å². The van der Waals surface area contributed by atoms with Gasteiger partial charge in [0, 0.05) is 18.2 Å². The average molecular weight is 233 g/mol. The molecular formula is C13H19N3O. The van der Waals surface area contributed by atoms with Crippen LogP contribution in [0.1, 0.15) is 30.4 Å². The van der Waals surface area contributed by atoms with E-state index in [-0.39, 0.29) is 5.84 Å². The smallest absolute Gasteiger partial charge is 0.170 e. The Balaban J connectivity index is 2.05. The summed E-state index contributed by atoms with van der Waals surface area (Å²) in [6.07, 6.45) is 3.95. The van der Waals surface area contributed by atoms with Gasteiger partial charge in [-0.15, -0.1) is 0 Å². The molecule has 0 spiro atoms. The van der Waals surface area contributed by atoms with Gasteiger partial charge >= 0.3 is 0 Å². The van der Waals surface area contributed by atoms with Crippen LogP contribution >= 0.6 is 0 Å². The predicted molar refractivity (Wildman–Crippen MR) is 68.1 cm³/mol. The first kappa shape index (κ1) is 11.9. The Morgan fingerprint density at radius 1 is 1.53 bits per heavy atom. The van der Waals surface area contributed by atoms with E-state index >= 15 is 0 Å². The third kappa shape index (κ3) is 2.77. The lowest BCUT2D eigenvalue weighted by Crippen LogP contribution is -2.36. The van der Waals surface area contributed by atoms with Crippen LogP contribution in [0.25, 0.3) is 0 Å². The van der Waals surface area contributed by atoms with E-state index in [2.05, 4.69) is 23.2 Å². The van der Waals surface area contributed by atoms with E-state index in [9.17, 15) is 0 Å². The van der Waals surface area contributed by atoms with Crippen molar-refractivity contribution in [3.63, 3.8) is 0 Å². The van der Waals surface area contributed by atoms with Crippen molar-refractivity contribution in [2.45, 2.75) is 31.8 Å². The van der Waals surface area contributed by atoms with Crippen molar-refractivity contribution in [1.29, 1.82) is 0 Å². The van der Waals surface area contributed by atoms with Crippen LogP contribution in [0.2, 0.25) is 0 Å². The van der Waals surface area contributed by atoms with E-state index in [1.54, 1.807) is 0 Å². The zero-order valence-corrected chi connectivity index (χ0v) is 10.1. The van der Waals surface area contributed by atoms with Crippen LogP contribution in [0.5, 0.6) is 0 Å². The zero-order valence-electron chi connectivity index (χ0n) is 10.1. The van der Waals surface area contributed by atoms with Gasteiger partial charge in [0.25, 0.3) is 0 Å². The Morgan fingerprint density at radius 3 is 2.88 bits per heavy atom. The maximum atomic E-state index is 8.65. The SMILES string of the molecule is CN(Cc1cccc(/C(N)=N/O)c1)C1CCC1. The molecule has 0 aromatic heterocycles. The normalized spacial score (nSPS) is 17.2. The molecular weight excluding hydrogens is 214 g/mol. The highest BCUT2D eigenvalue weighted by atomic mass is 16.4. The number of nitrogens with zero attached hydrogens (tertiary/aromatic N) is 2. The minimum Gasteiger partial charge on any atom is -0.409 e. The monoisotopic (exact) mass is 233 g/mol. The molecule has 0 unspecified atom stereocenters. The van der Waals surface area contributed by atoms with Crippen molar-refractivity contribution in [2.24, 2.45) is 10.9 Å². The molecule has 0 amide bonds. The van der Waals surface area contributed by atoms with Gasteiger partial charge in [-0.3, -0.25) is 4.90 Å². The molecule has 0 atom stereocenters. The number of nitrogens with two attached hydrogens (primary N) is 1. The summed E-state index contributed by atoms with van der Waals surface area (Å²) in [5, 5.41) is 11.7. The minimum absolute atomic E-state index is 0.165. The van der Waals surface area contributed by atoms with Gasteiger partial charge < -0.3 is 10.9 Å². The van der Waals surface area contributed by atoms with E-state index < -0.39 is 0 Å². The predicted octanol–water partition coefficient (Wildman–Crippen LogP) is 1.77. The molecule has 0 heterocycles. The van der Waals surface area contributed by atoms with Crippen LogP contribution in [0.4, 0.5) is 0 Å². The molecule has 92 valence electrons. The van der Waals surface area contributed by atoms with Crippen LogP contribution in [-0.4, -0.2) is 29.0 Å². The number of rotatable bonds is 4. The van der Waals surface area contributed by atoms with Crippen molar-refractivity contribution < 1.29 is 5.21 Å². The van der Waals surface area contributed by atoms with Gasteiger partial charge in [-0.05, 0) is 31.5 Å². The molecule has 0 saturated heterocycles. The second kappa shape index (κ2) is 5.19. The molecule has 0 aliphatic heterocycles. The van der Waals surface area contributed by atoms with E-state index in [1.807, 2.05) is 18.2 Å². The Morgan fingerprint density at radius 2 is 2.29 bits per heavy atom. The highest BCUT2D eigenvalue weighted by Gasteiger charge is 2.21. The fourth-order valence-corrected chi connectivity index (χ4v) is 2.13. The van der Waals surface area contributed by atoms with Gasteiger partial charge in [0.2, 0.25) is 0 Å². The lowest BCUT2D eigenvalue weighted by Gasteiger charge is -2.34. The molecule has 1 aliphatic carbocycles. The number of benzene rings is 1. The van der Waals surface area contributed by atoms with E-state index in [0.29, 0.717) is 0 Å². The number of hydrogen-bond donors (Lipinski definition) is 2. The van der Waals surface area contributed by atoms with Gasteiger partial charge in [-0.1, -0.05) is 29.8 Å². The van der Waals surface area contributed by atoms with E-state index in [0.717, 1.165) is 18.2 Å². The molecule has 1 saturated carbocycles. The number of oxime groups is 1. The average Bonchev–Trinajstić information content (AvgIpc) is 2.26. The largest absolute Gasteiger partial charge is 0.409 e. The maximum absolute atomic E-state index is 8.65. The van der Waals surface area contributed by atoms with Crippen LogP contribution in [-0.2, 0) is 6.54 Å². The summed E-state index contributed by atoms with van der Waals surface area (Å²) in [5.74, 6) is 0.165. The van der Waals surface area contributed by atoms with Crippen LogP contribution < -0.4 is 5.73 Å². The summed E-state index contributed by atoms with van der Waals surface area (Å²) in [5.41, 5.74) is 7.55. The highest BCUT2D eigenvalue weighted by molar-refractivity contribution is 5.97. The molecule has 1 aliphatic rings. The fourth-order valence-electron chi connectivity index (χ4n) is 2.13. The van der Waals surface area contributed by atoms with Crippen molar-refractivity contribution in [3.05, 3.63) is 35.4 Å². The second-order valence-electron chi connectivity index (χ2n) is 4.69. The zero-order chi connectivity index (χ0) is 12.3. The summed E-state index contributed by atoms with van der Waals surface area (Å²) in [6.45, 7) is 0.914. The fraction of sp³-hybridized carbons (Fsp3) is 0.462. The molecule has 0 radical (unpaired) electrons. The Kier molecular flexibility index (Phi) is 3.64. The summed E-state index contributed by atoms with van der Waals surface area (Å²) >= 11 is 0. The van der Waals surface area contributed by atoms with Gasteiger partial charge in [0.1, 0.15) is 0 Å². The standard InChI is InChI=1S/C13H19N3O/c1-16(12-6-3-7-12)9-10-4-2-5-11(8-10)13(14)15-17/h2,4-5,8,12,17H,3,6-7,9H2,1H3,(H2,14,15). The third-order valence-corrected chi connectivity index (χ3v) is 3.46. The van der Waals surface area contributed by atoms with Crippen LogP contribution in [0.3, 0.4) is 0 Å². The van der Waals surface area contributed by atoms with E-state index in [4.69, 9.17) is 10.9 Å². The maximum Gasteiger partial charge on any atom is 0.170 e. The lowest BCUT2D eigenvalue weighted by atomic mass is 9.91. The number of amidine groups is 1. The van der Waals surface area contributed by atoms with Crippen molar-refractivity contribution in [3.8, 4) is 0 Å². The van der Waals surface area contributed by atoms with Crippen molar-refractivity contribution in [1.82, 2.24) is 4.90 Å². The van der Waals surface area contributed by atoms with Gasteiger partial charge in [0.15, 0.2) is 5.84 Å². The number of hydrogen-bond acceptors (Lipinski definition) is 3.